The topological polar surface area (TPSA) is 127 Å². The molecule has 2 rings (SSSR count). The normalized spacial score (nSPS) is 10.6. The molecule has 5 N–H and O–H groups in total. The third-order valence-electron chi connectivity index (χ3n) is 2.92. The maximum Gasteiger partial charge on any atom is 0.337 e. The Balaban J connectivity index is 2.16. The molecule has 0 heterocycles. The summed E-state index contributed by atoms with van der Waals surface area (Å²) in [7, 11) is 0. The Morgan fingerprint density at radius 1 is 0.957 bits per heavy atom. The van der Waals surface area contributed by atoms with Crippen molar-refractivity contribution in [1.82, 2.24) is 0 Å². The molecule has 1 amide bonds. The lowest BCUT2D eigenvalue weighted by molar-refractivity contribution is -0.111. The summed E-state index contributed by atoms with van der Waals surface area (Å²) in [6.45, 7) is 0. The second-order valence-corrected chi connectivity index (χ2v) is 4.61. The van der Waals surface area contributed by atoms with Crippen molar-refractivity contribution in [3.8, 4) is 17.2 Å². The number of carbonyl (C=O) groups is 2. The first kappa shape index (κ1) is 15.9. The predicted molar refractivity (Wildman–Crippen MR) is 82.5 cm³/mol. The van der Waals surface area contributed by atoms with Gasteiger partial charge in [0, 0.05) is 12.1 Å². The summed E-state index contributed by atoms with van der Waals surface area (Å²) in [5.74, 6) is -2.65. The molecule has 7 heteroatoms. The molecule has 2 aromatic rings. The van der Waals surface area contributed by atoms with Crippen LogP contribution in [0.2, 0.25) is 0 Å². The molecule has 23 heavy (non-hydrogen) atoms. The van der Waals surface area contributed by atoms with Crippen molar-refractivity contribution in [2.24, 2.45) is 0 Å². The molecule has 0 saturated heterocycles. The van der Waals surface area contributed by atoms with Crippen molar-refractivity contribution < 1.29 is 30.0 Å². The minimum Gasteiger partial charge on any atom is -0.508 e. The summed E-state index contributed by atoms with van der Waals surface area (Å²) >= 11 is 0. The smallest absolute Gasteiger partial charge is 0.337 e. The van der Waals surface area contributed by atoms with Crippen LogP contribution in [0.4, 0.5) is 5.69 Å². The lowest BCUT2D eigenvalue weighted by atomic mass is 10.1. The van der Waals surface area contributed by atoms with Crippen LogP contribution in [0, 0.1) is 0 Å². The summed E-state index contributed by atoms with van der Waals surface area (Å²) in [4.78, 5) is 22.9. The number of nitrogens with one attached hydrogen (secondary N) is 1. The number of carbonyl (C=O) groups excluding carboxylic acids is 1. The minimum absolute atomic E-state index is 0.0410. The van der Waals surface area contributed by atoms with Crippen LogP contribution in [-0.2, 0) is 4.79 Å². The Morgan fingerprint density at radius 2 is 1.70 bits per heavy atom. The van der Waals surface area contributed by atoms with Crippen LogP contribution in [0.15, 0.2) is 42.5 Å². The number of carboxylic acids is 1. The molecule has 0 aliphatic heterocycles. The minimum atomic E-state index is -1.24. The van der Waals surface area contributed by atoms with E-state index in [1.165, 1.54) is 36.4 Å². The molecule has 0 aliphatic rings. The Bertz CT molecular complexity index is 797. The van der Waals surface area contributed by atoms with E-state index >= 15 is 0 Å². The third-order valence-corrected chi connectivity index (χ3v) is 2.92. The Labute approximate surface area is 130 Å². The summed E-state index contributed by atoms with van der Waals surface area (Å²) in [5.41, 5.74) is 0.261. The molecule has 0 bridgehead atoms. The van der Waals surface area contributed by atoms with E-state index in [9.17, 15) is 24.9 Å². The molecule has 0 radical (unpaired) electrons. The van der Waals surface area contributed by atoms with E-state index in [2.05, 4.69) is 5.32 Å². The van der Waals surface area contributed by atoms with Crippen LogP contribution >= 0.6 is 0 Å². The predicted octanol–water partition coefficient (Wildman–Crippen LogP) is 2.15. The van der Waals surface area contributed by atoms with Gasteiger partial charge in [0.15, 0.2) is 11.5 Å². The zero-order valence-electron chi connectivity index (χ0n) is 11.7. The number of anilines is 1. The van der Waals surface area contributed by atoms with E-state index < -0.39 is 11.9 Å². The fourth-order valence-electron chi connectivity index (χ4n) is 1.81. The number of aromatic hydroxyl groups is 3. The molecular formula is C16H13NO6. The molecule has 2 aromatic carbocycles. The fourth-order valence-corrected chi connectivity index (χ4v) is 1.81. The molecule has 0 aliphatic carbocycles. The van der Waals surface area contributed by atoms with Crippen molar-refractivity contribution >= 4 is 23.6 Å². The van der Waals surface area contributed by atoms with E-state index in [4.69, 9.17) is 5.11 Å². The van der Waals surface area contributed by atoms with E-state index in [0.717, 1.165) is 12.1 Å². The zero-order valence-corrected chi connectivity index (χ0v) is 11.7. The molecule has 7 nitrogen and oxygen atoms in total. The molecule has 0 aromatic heterocycles. The van der Waals surface area contributed by atoms with Crippen molar-refractivity contribution in [2.45, 2.75) is 0 Å². The van der Waals surface area contributed by atoms with Gasteiger partial charge in [0.05, 0.1) is 11.3 Å². The Kier molecular flexibility index (Phi) is 4.51. The van der Waals surface area contributed by atoms with Gasteiger partial charge in [-0.15, -0.1) is 0 Å². The summed E-state index contributed by atoms with van der Waals surface area (Å²) < 4.78 is 0. The first-order valence-electron chi connectivity index (χ1n) is 6.44. The number of carboxylic acid groups (broad SMARTS) is 1. The van der Waals surface area contributed by atoms with Crippen molar-refractivity contribution in [3.05, 3.63) is 53.6 Å². The Morgan fingerprint density at radius 3 is 2.35 bits per heavy atom. The summed E-state index contributed by atoms with van der Waals surface area (Å²) in [6, 6.07) is 7.52. The first-order chi connectivity index (χ1) is 10.9. The van der Waals surface area contributed by atoms with E-state index in [1.54, 1.807) is 0 Å². The van der Waals surface area contributed by atoms with Crippen LogP contribution < -0.4 is 5.32 Å². The van der Waals surface area contributed by atoms with Gasteiger partial charge in [0.1, 0.15) is 5.75 Å². The van der Waals surface area contributed by atoms with Crippen molar-refractivity contribution in [3.63, 3.8) is 0 Å². The van der Waals surface area contributed by atoms with Crippen LogP contribution in [-0.4, -0.2) is 32.3 Å². The number of amides is 1. The van der Waals surface area contributed by atoms with Gasteiger partial charge in [-0.25, -0.2) is 4.79 Å². The first-order valence-corrected chi connectivity index (χ1v) is 6.44. The van der Waals surface area contributed by atoms with Gasteiger partial charge >= 0.3 is 5.97 Å². The van der Waals surface area contributed by atoms with Crippen molar-refractivity contribution in [1.29, 1.82) is 0 Å². The van der Waals surface area contributed by atoms with Gasteiger partial charge in [-0.05, 0) is 35.9 Å². The highest BCUT2D eigenvalue weighted by Crippen LogP contribution is 2.25. The molecular weight excluding hydrogens is 302 g/mol. The van der Waals surface area contributed by atoms with Gasteiger partial charge in [0.2, 0.25) is 5.91 Å². The molecule has 0 unspecified atom stereocenters. The third kappa shape index (κ3) is 4.01. The number of phenols is 3. The fraction of sp³-hybridized carbons (Fsp3) is 0. The monoisotopic (exact) mass is 315 g/mol. The average Bonchev–Trinajstić information content (AvgIpc) is 2.48. The largest absolute Gasteiger partial charge is 0.508 e. The standard InChI is InChI=1S/C16H13NO6/c18-10-3-4-11(16(22)23)12(8-10)17-15(21)6-2-9-1-5-13(19)14(20)7-9/h1-8,18-20H,(H,17,21)(H,22,23). The van der Waals surface area contributed by atoms with Crippen LogP contribution in [0.1, 0.15) is 15.9 Å². The zero-order chi connectivity index (χ0) is 17.0. The van der Waals surface area contributed by atoms with Crippen LogP contribution in [0.25, 0.3) is 6.08 Å². The number of aromatic carboxylic acids is 1. The molecule has 118 valence electrons. The second-order valence-electron chi connectivity index (χ2n) is 4.61. The second kappa shape index (κ2) is 6.52. The van der Waals surface area contributed by atoms with Gasteiger partial charge in [0.25, 0.3) is 0 Å². The molecule has 0 saturated carbocycles. The van der Waals surface area contributed by atoms with Gasteiger partial charge < -0.3 is 25.7 Å². The molecule has 0 atom stereocenters. The lowest BCUT2D eigenvalue weighted by Gasteiger charge is -2.07. The van der Waals surface area contributed by atoms with Crippen LogP contribution in [0.3, 0.4) is 0 Å². The van der Waals surface area contributed by atoms with Crippen molar-refractivity contribution in [2.75, 3.05) is 5.32 Å². The highest BCUT2D eigenvalue weighted by Gasteiger charge is 2.12. The average molecular weight is 315 g/mol. The van der Waals surface area contributed by atoms with Gasteiger partial charge in [-0.1, -0.05) is 6.07 Å². The number of phenolic OH excluding ortho intramolecular Hbond substituents is 3. The van der Waals surface area contributed by atoms with E-state index in [-0.39, 0.29) is 28.5 Å². The van der Waals surface area contributed by atoms with Gasteiger partial charge in [-0.3, -0.25) is 4.79 Å². The number of hydrogen-bond acceptors (Lipinski definition) is 5. The number of hydrogen-bond donors (Lipinski definition) is 5. The number of rotatable bonds is 4. The molecule has 0 fully saturated rings. The summed E-state index contributed by atoms with van der Waals surface area (Å²) in [5, 5.41) is 39.3. The lowest BCUT2D eigenvalue weighted by Crippen LogP contribution is -2.11. The van der Waals surface area contributed by atoms with Gasteiger partial charge in [-0.2, -0.15) is 0 Å². The summed E-state index contributed by atoms with van der Waals surface area (Å²) in [6.07, 6.45) is 2.50. The maximum absolute atomic E-state index is 11.8. The van der Waals surface area contributed by atoms with E-state index in [1.807, 2.05) is 0 Å². The maximum atomic E-state index is 11.8. The highest BCUT2D eigenvalue weighted by molar-refractivity contribution is 6.06. The van der Waals surface area contributed by atoms with Crippen LogP contribution in [0.5, 0.6) is 17.2 Å². The number of benzene rings is 2. The van der Waals surface area contributed by atoms with E-state index in [0.29, 0.717) is 5.56 Å². The Hall–Kier alpha value is -3.48. The molecule has 0 spiro atoms. The quantitative estimate of drug-likeness (QED) is 0.434. The SMILES string of the molecule is O=C(C=Cc1ccc(O)c(O)c1)Nc1cc(O)ccc1C(=O)O. The highest BCUT2D eigenvalue weighted by atomic mass is 16.4.